The zero-order chi connectivity index (χ0) is 13.5. The Hall–Kier alpha value is -0.620. The van der Waals surface area contributed by atoms with Gasteiger partial charge in [0.1, 0.15) is 0 Å². The van der Waals surface area contributed by atoms with Crippen molar-refractivity contribution in [3.05, 3.63) is 0 Å². The lowest BCUT2D eigenvalue weighted by molar-refractivity contribution is -0.153. The van der Waals surface area contributed by atoms with Crippen molar-refractivity contribution in [3.8, 4) is 0 Å². The maximum atomic E-state index is 12.0. The van der Waals surface area contributed by atoms with E-state index >= 15 is 0 Å². The van der Waals surface area contributed by atoms with Crippen LogP contribution in [0.3, 0.4) is 0 Å². The molecule has 1 aliphatic heterocycles. The number of rotatable bonds is 3. The second-order valence-electron chi connectivity index (χ2n) is 5.58. The minimum absolute atomic E-state index is 0.117. The molecule has 0 radical (unpaired) electrons. The van der Waals surface area contributed by atoms with E-state index in [0.29, 0.717) is 13.0 Å². The highest BCUT2D eigenvalue weighted by Gasteiger charge is 2.51. The van der Waals surface area contributed by atoms with Crippen LogP contribution < -0.4 is 0 Å². The molecule has 0 aromatic heterocycles. The van der Waals surface area contributed by atoms with E-state index in [-0.39, 0.29) is 5.75 Å². The Morgan fingerprint density at radius 1 is 1.18 bits per heavy atom. The lowest BCUT2D eigenvalue weighted by atomic mass is 9.74. The summed E-state index contributed by atoms with van der Waals surface area (Å²) in [7, 11) is -3.33. The summed E-state index contributed by atoms with van der Waals surface area (Å²) in [5, 5.41) is 9.26. The summed E-state index contributed by atoms with van der Waals surface area (Å²) in [4.78, 5) is 11.3. The van der Waals surface area contributed by atoms with Crippen LogP contribution in [0.4, 0.5) is 0 Å². The lowest BCUT2D eigenvalue weighted by Crippen LogP contribution is -2.60. The standard InChI is InChI=1S/C11H21NO4S/c1-10(2,9(13)14)11(3,4)12-7-5-6-8-17(12,15)16/h5-8H2,1-4H3,(H,13,14). The fourth-order valence-corrected chi connectivity index (χ4v) is 4.11. The van der Waals surface area contributed by atoms with Gasteiger partial charge in [0.25, 0.3) is 0 Å². The van der Waals surface area contributed by atoms with Crippen molar-refractivity contribution in [2.24, 2.45) is 5.41 Å². The van der Waals surface area contributed by atoms with E-state index < -0.39 is 26.9 Å². The fraction of sp³-hybridized carbons (Fsp3) is 0.909. The Labute approximate surface area is 103 Å². The van der Waals surface area contributed by atoms with Crippen molar-refractivity contribution >= 4 is 16.0 Å². The molecule has 100 valence electrons. The Morgan fingerprint density at radius 3 is 2.12 bits per heavy atom. The minimum atomic E-state index is -3.33. The molecule has 0 unspecified atom stereocenters. The number of aliphatic carboxylic acids is 1. The van der Waals surface area contributed by atoms with Crippen molar-refractivity contribution in [1.82, 2.24) is 4.31 Å². The van der Waals surface area contributed by atoms with Gasteiger partial charge in [-0.15, -0.1) is 0 Å². The molecule has 0 atom stereocenters. The van der Waals surface area contributed by atoms with Gasteiger partial charge in [-0.1, -0.05) is 0 Å². The zero-order valence-electron chi connectivity index (χ0n) is 10.9. The second-order valence-corrected chi connectivity index (χ2v) is 7.60. The van der Waals surface area contributed by atoms with Gasteiger partial charge < -0.3 is 5.11 Å². The van der Waals surface area contributed by atoms with E-state index in [2.05, 4.69) is 0 Å². The van der Waals surface area contributed by atoms with Crippen LogP contribution in [-0.4, -0.2) is 41.6 Å². The van der Waals surface area contributed by atoms with Crippen molar-refractivity contribution in [2.45, 2.75) is 46.1 Å². The fourth-order valence-electron chi connectivity index (χ4n) is 1.99. The molecular formula is C11H21NO4S. The van der Waals surface area contributed by atoms with Gasteiger partial charge in [0.05, 0.1) is 11.2 Å². The van der Waals surface area contributed by atoms with Crippen LogP contribution in [-0.2, 0) is 14.8 Å². The van der Waals surface area contributed by atoms with Crippen LogP contribution in [0.2, 0.25) is 0 Å². The summed E-state index contributed by atoms with van der Waals surface area (Å²) in [5.41, 5.74) is -2.06. The Morgan fingerprint density at radius 2 is 1.71 bits per heavy atom. The normalized spacial score (nSPS) is 22.4. The van der Waals surface area contributed by atoms with Gasteiger partial charge in [-0.3, -0.25) is 4.79 Å². The van der Waals surface area contributed by atoms with Gasteiger partial charge in [0.15, 0.2) is 0 Å². The Bertz CT molecular complexity index is 411. The molecule has 0 saturated carbocycles. The Balaban J connectivity index is 3.17. The summed E-state index contributed by atoms with van der Waals surface area (Å²) in [6.45, 7) is 6.92. The monoisotopic (exact) mass is 263 g/mol. The summed E-state index contributed by atoms with van der Waals surface area (Å²) >= 11 is 0. The van der Waals surface area contributed by atoms with Gasteiger partial charge in [-0.25, -0.2) is 8.42 Å². The number of carboxylic acid groups (broad SMARTS) is 1. The van der Waals surface area contributed by atoms with Gasteiger partial charge in [0.2, 0.25) is 10.0 Å². The molecule has 1 N–H and O–H groups in total. The van der Waals surface area contributed by atoms with Crippen LogP contribution in [0.5, 0.6) is 0 Å². The molecule has 0 bridgehead atoms. The first-order valence-corrected chi connectivity index (χ1v) is 7.38. The van der Waals surface area contributed by atoms with Gasteiger partial charge in [0, 0.05) is 12.1 Å². The summed E-state index contributed by atoms with van der Waals surface area (Å²) in [6, 6.07) is 0. The molecule has 1 aliphatic rings. The molecule has 1 rings (SSSR count). The third-order valence-electron chi connectivity index (χ3n) is 4.04. The molecule has 0 spiro atoms. The highest BCUT2D eigenvalue weighted by molar-refractivity contribution is 7.89. The van der Waals surface area contributed by atoms with Crippen LogP contribution >= 0.6 is 0 Å². The average Bonchev–Trinajstić information content (AvgIpc) is 2.15. The SMILES string of the molecule is CC(C)(C(=O)O)C(C)(C)N1CCCCS1(=O)=O. The summed E-state index contributed by atoms with van der Waals surface area (Å²) < 4.78 is 25.4. The van der Waals surface area contributed by atoms with E-state index in [4.69, 9.17) is 0 Å². The third kappa shape index (κ3) is 2.33. The van der Waals surface area contributed by atoms with E-state index in [9.17, 15) is 18.3 Å². The van der Waals surface area contributed by atoms with Crippen LogP contribution in [0.25, 0.3) is 0 Å². The number of nitrogens with zero attached hydrogens (tertiary/aromatic N) is 1. The third-order valence-corrected chi connectivity index (χ3v) is 6.15. The number of sulfonamides is 1. The largest absolute Gasteiger partial charge is 0.481 e. The predicted octanol–water partition coefficient (Wildman–Crippen LogP) is 1.30. The topological polar surface area (TPSA) is 74.7 Å². The number of hydrogen-bond acceptors (Lipinski definition) is 3. The minimum Gasteiger partial charge on any atom is -0.481 e. The van der Waals surface area contributed by atoms with E-state index in [1.807, 2.05) is 0 Å². The maximum Gasteiger partial charge on any atom is 0.310 e. The highest BCUT2D eigenvalue weighted by atomic mass is 32.2. The van der Waals surface area contributed by atoms with E-state index in [1.54, 1.807) is 27.7 Å². The van der Waals surface area contributed by atoms with Crippen molar-refractivity contribution < 1.29 is 18.3 Å². The molecule has 0 aromatic carbocycles. The molecular weight excluding hydrogens is 242 g/mol. The van der Waals surface area contributed by atoms with Crippen LogP contribution in [0, 0.1) is 5.41 Å². The van der Waals surface area contributed by atoms with E-state index in [1.165, 1.54) is 4.31 Å². The molecule has 17 heavy (non-hydrogen) atoms. The van der Waals surface area contributed by atoms with Crippen LogP contribution in [0.1, 0.15) is 40.5 Å². The highest BCUT2D eigenvalue weighted by Crippen LogP contribution is 2.39. The first kappa shape index (κ1) is 14.4. The molecule has 1 saturated heterocycles. The number of hydrogen-bond donors (Lipinski definition) is 1. The van der Waals surface area contributed by atoms with Crippen molar-refractivity contribution in [2.75, 3.05) is 12.3 Å². The molecule has 0 amide bonds. The number of carboxylic acids is 1. The smallest absolute Gasteiger partial charge is 0.310 e. The molecule has 5 nitrogen and oxygen atoms in total. The summed E-state index contributed by atoms with van der Waals surface area (Å²) in [6.07, 6.45) is 1.45. The van der Waals surface area contributed by atoms with E-state index in [0.717, 1.165) is 6.42 Å². The predicted molar refractivity (Wildman–Crippen MR) is 65.2 cm³/mol. The zero-order valence-corrected chi connectivity index (χ0v) is 11.7. The summed E-state index contributed by atoms with van der Waals surface area (Å²) in [5.74, 6) is -0.866. The first-order chi connectivity index (χ1) is 7.53. The maximum absolute atomic E-state index is 12.0. The number of carbonyl (C=O) groups is 1. The lowest BCUT2D eigenvalue weighted by Gasteiger charge is -2.47. The molecule has 1 fully saturated rings. The van der Waals surface area contributed by atoms with Gasteiger partial charge >= 0.3 is 5.97 Å². The molecule has 6 heteroatoms. The average molecular weight is 263 g/mol. The first-order valence-electron chi connectivity index (χ1n) is 5.77. The molecule has 0 aromatic rings. The second kappa shape index (κ2) is 4.24. The molecule has 0 aliphatic carbocycles. The van der Waals surface area contributed by atoms with Gasteiger partial charge in [-0.2, -0.15) is 4.31 Å². The quantitative estimate of drug-likeness (QED) is 0.833. The van der Waals surface area contributed by atoms with Crippen molar-refractivity contribution in [3.63, 3.8) is 0 Å². The Kier molecular flexibility index (Phi) is 3.60. The molecule has 1 heterocycles. The van der Waals surface area contributed by atoms with Crippen LogP contribution in [0.15, 0.2) is 0 Å². The van der Waals surface area contributed by atoms with Gasteiger partial charge in [-0.05, 0) is 40.5 Å². The van der Waals surface area contributed by atoms with Crippen molar-refractivity contribution in [1.29, 1.82) is 0 Å².